The Morgan fingerprint density at radius 1 is 1.11 bits per heavy atom. The number of para-hydroxylation sites is 1. The number of anilines is 1. The number of unbranched alkanes of at least 4 members (excludes halogenated alkanes) is 1. The maximum Gasteiger partial charge on any atom is 0.338 e. The normalized spacial score (nSPS) is 10.2. The molecule has 0 aliphatic rings. The maximum atomic E-state index is 12.2. The molecule has 2 aromatic carbocycles. The quantitative estimate of drug-likeness (QED) is 0.465. The van der Waals surface area contributed by atoms with Crippen LogP contribution in [0.25, 0.3) is 0 Å². The lowest BCUT2D eigenvalue weighted by Gasteiger charge is -2.12. The summed E-state index contributed by atoms with van der Waals surface area (Å²) in [7, 11) is 1.50. The Kier molecular flexibility index (Phi) is 8.13. The lowest BCUT2D eigenvalue weighted by Crippen LogP contribution is -2.21. The highest BCUT2D eigenvalue weighted by atomic mass is 79.9. The lowest BCUT2D eigenvalue weighted by molar-refractivity contribution is -0.119. The zero-order chi connectivity index (χ0) is 19.6. The van der Waals surface area contributed by atoms with E-state index in [1.165, 1.54) is 13.2 Å². The molecule has 6 nitrogen and oxygen atoms in total. The SMILES string of the molecule is CCCCOc1ccc(C(=O)OCC(=O)Nc2ccccc2Br)cc1OC. The van der Waals surface area contributed by atoms with Gasteiger partial charge in [0, 0.05) is 4.47 Å². The van der Waals surface area contributed by atoms with Crippen molar-refractivity contribution in [1.82, 2.24) is 0 Å². The molecule has 0 aromatic heterocycles. The van der Waals surface area contributed by atoms with Crippen molar-refractivity contribution in [3.63, 3.8) is 0 Å². The van der Waals surface area contributed by atoms with E-state index in [4.69, 9.17) is 14.2 Å². The molecular formula is C20H22BrNO5. The monoisotopic (exact) mass is 435 g/mol. The van der Waals surface area contributed by atoms with Crippen LogP contribution in [0.3, 0.4) is 0 Å². The van der Waals surface area contributed by atoms with Gasteiger partial charge in [0.15, 0.2) is 18.1 Å². The summed E-state index contributed by atoms with van der Waals surface area (Å²) in [5, 5.41) is 2.67. The molecule has 0 fully saturated rings. The molecule has 0 saturated heterocycles. The number of halogens is 1. The van der Waals surface area contributed by atoms with Gasteiger partial charge in [-0.3, -0.25) is 4.79 Å². The number of hydrogen-bond donors (Lipinski definition) is 1. The number of nitrogens with one attached hydrogen (secondary N) is 1. The predicted octanol–water partition coefficient (Wildman–Crippen LogP) is 4.43. The van der Waals surface area contributed by atoms with Crippen LogP contribution in [0.15, 0.2) is 46.9 Å². The molecule has 1 amide bonds. The smallest absolute Gasteiger partial charge is 0.338 e. The molecule has 0 atom stereocenters. The molecule has 27 heavy (non-hydrogen) atoms. The average Bonchev–Trinajstić information content (AvgIpc) is 2.68. The molecule has 0 aliphatic heterocycles. The van der Waals surface area contributed by atoms with Crippen LogP contribution in [-0.2, 0) is 9.53 Å². The van der Waals surface area contributed by atoms with Gasteiger partial charge >= 0.3 is 5.97 Å². The topological polar surface area (TPSA) is 73.9 Å². The number of hydrogen-bond acceptors (Lipinski definition) is 5. The van der Waals surface area contributed by atoms with Crippen molar-refractivity contribution in [3.8, 4) is 11.5 Å². The van der Waals surface area contributed by atoms with Crippen molar-refractivity contribution in [2.24, 2.45) is 0 Å². The molecule has 0 aliphatic carbocycles. The van der Waals surface area contributed by atoms with Gasteiger partial charge in [0.25, 0.3) is 5.91 Å². The fourth-order valence-electron chi connectivity index (χ4n) is 2.20. The van der Waals surface area contributed by atoms with Crippen LogP contribution in [-0.4, -0.2) is 32.2 Å². The van der Waals surface area contributed by atoms with Crippen molar-refractivity contribution in [1.29, 1.82) is 0 Å². The minimum atomic E-state index is -0.615. The largest absolute Gasteiger partial charge is 0.493 e. The van der Waals surface area contributed by atoms with Crippen LogP contribution in [0.2, 0.25) is 0 Å². The third-order valence-electron chi connectivity index (χ3n) is 3.64. The van der Waals surface area contributed by atoms with E-state index in [9.17, 15) is 9.59 Å². The molecule has 0 saturated carbocycles. The van der Waals surface area contributed by atoms with Gasteiger partial charge in [-0.05, 0) is 52.7 Å². The number of methoxy groups -OCH3 is 1. The summed E-state index contributed by atoms with van der Waals surface area (Å²) in [6.07, 6.45) is 1.95. The van der Waals surface area contributed by atoms with E-state index in [1.807, 2.05) is 6.07 Å². The van der Waals surface area contributed by atoms with Gasteiger partial charge in [-0.25, -0.2) is 4.79 Å². The van der Waals surface area contributed by atoms with Gasteiger partial charge < -0.3 is 19.5 Å². The van der Waals surface area contributed by atoms with E-state index in [2.05, 4.69) is 28.2 Å². The Morgan fingerprint density at radius 2 is 1.89 bits per heavy atom. The fraction of sp³-hybridized carbons (Fsp3) is 0.300. The molecule has 0 radical (unpaired) electrons. The van der Waals surface area contributed by atoms with E-state index in [-0.39, 0.29) is 5.56 Å². The van der Waals surface area contributed by atoms with Crippen LogP contribution >= 0.6 is 15.9 Å². The molecular weight excluding hydrogens is 414 g/mol. The molecule has 144 valence electrons. The first kappa shape index (κ1) is 20.8. The highest BCUT2D eigenvalue weighted by Gasteiger charge is 2.14. The highest BCUT2D eigenvalue weighted by molar-refractivity contribution is 9.10. The van der Waals surface area contributed by atoms with Gasteiger partial charge in [0.1, 0.15) is 0 Å². The first-order valence-corrected chi connectivity index (χ1v) is 9.36. The minimum Gasteiger partial charge on any atom is -0.493 e. The van der Waals surface area contributed by atoms with Gasteiger partial charge in [-0.15, -0.1) is 0 Å². The first-order chi connectivity index (χ1) is 13.0. The van der Waals surface area contributed by atoms with Crippen LogP contribution in [0, 0.1) is 0 Å². The number of rotatable bonds is 9. The summed E-state index contributed by atoms with van der Waals surface area (Å²) in [6, 6.07) is 12.0. The van der Waals surface area contributed by atoms with Gasteiger partial charge in [-0.2, -0.15) is 0 Å². The van der Waals surface area contributed by atoms with E-state index in [1.54, 1.807) is 30.3 Å². The second-order valence-corrected chi connectivity index (χ2v) is 6.53. The standard InChI is InChI=1S/C20H22BrNO5/c1-3-4-11-26-17-10-9-14(12-18(17)25-2)20(24)27-13-19(23)22-16-8-6-5-7-15(16)21/h5-10,12H,3-4,11,13H2,1-2H3,(H,22,23). The third kappa shape index (κ3) is 6.29. The average molecular weight is 436 g/mol. The molecule has 0 bridgehead atoms. The third-order valence-corrected chi connectivity index (χ3v) is 4.33. The van der Waals surface area contributed by atoms with Crippen molar-refractivity contribution >= 4 is 33.5 Å². The Hall–Kier alpha value is -2.54. The van der Waals surface area contributed by atoms with E-state index in [0.29, 0.717) is 23.8 Å². The van der Waals surface area contributed by atoms with Crippen LogP contribution in [0.5, 0.6) is 11.5 Å². The Bertz CT molecular complexity index is 794. The second kappa shape index (κ2) is 10.6. The van der Waals surface area contributed by atoms with Crippen LogP contribution in [0.1, 0.15) is 30.1 Å². The summed E-state index contributed by atoms with van der Waals surface area (Å²) in [6.45, 7) is 2.26. The summed E-state index contributed by atoms with van der Waals surface area (Å²) in [5.74, 6) is -0.0372. The van der Waals surface area contributed by atoms with Crippen molar-refractivity contribution in [3.05, 3.63) is 52.5 Å². The zero-order valence-corrected chi connectivity index (χ0v) is 16.9. The number of benzene rings is 2. The molecule has 0 spiro atoms. The number of carbonyl (C=O) groups excluding carboxylic acids is 2. The molecule has 0 heterocycles. The second-order valence-electron chi connectivity index (χ2n) is 5.67. The number of esters is 1. The Balaban J connectivity index is 1.93. The molecule has 2 aromatic rings. The summed E-state index contributed by atoms with van der Waals surface area (Å²) < 4.78 is 16.7. The summed E-state index contributed by atoms with van der Waals surface area (Å²) in [5.41, 5.74) is 0.886. The number of carbonyl (C=O) groups is 2. The molecule has 2 rings (SSSR count). The fourth-order valence-corrected chi connectivity index (χ4v) is 2.59. The molecule has 1 N–H and O–H groups in total. The van der Waals surface area contributed by atoms with Gasteiger partial charge in [0.05, 0.1) is 25.0 Å². The Labute approximate surface area is 166 Å². The molecule has 0 unspecified atom stereocenters. The number of amides is 1. The van der Waals surface area contributed by atoms with Gasteiger partial charge in [-0.1, -0.05) is 25.5 Å². The van der Waals surface area contributed by atoms with E-state index in [0.717, 1.165) is 17.3 Å². The minimum absolute atomic E-state index is 0.281. The highest BCUT2D eigenvalue weighted by Crippen LogP contribution is 2.28. The van der Waals surface area contributed by atoms with Gasteiger partial charge in [0.2, 0.25) is 0 Å². The Morgan fingerprint density at radius 3 is 2.59 bits per heavy atom. The van der Waals surface area contributed by atoms with Crippen LogP contribution < -0.4 is 14.8 Å². The van der Waals surface area contributed by atoms with E-state index >= 15 is 0 Å². The molecule has 7 heteroatoms. The van der Waals surface area contributed by atoms with Crippen molar-refractivity contribution in [2.75, 3.05) is 25.6 Å². The summed E-state index contributed by atoms with van der Waals surface area (Å²) in [4.78, 5) is 24.2. The lowest BCUT2D eigenvalue weighted by atomic mass is 10.2. The van der Waals surface area contributed by atoms with Crippen LogP contribution in [0.4, 0.5) is 5.69 Å². The summed E-state index contributed by atoms with van der Waals surface area (Å²) >= 11 is 3.34. The number of ether oxygens (including phenoxy) is 3. The predicted molar refractivity (Wildman–Crippen MR) is 106 cm³/mol. The van der Waals surface area contributed by atoms with Crippen molar-refractivity contribution in [2.45, 2.75) is 19.8 Å². The maximum absolute atomic E-state index is 12.2. The first-order valence-electron chi connectivity index (χ1n) is 8.57. The zero-order valence-electron chi connectivity index (χ0n) is 15.3. The van der Waals surface area contributed by atoms with Crippen molar-refractivity contribution < 1.29 is 23.8 Å². The van der Waals surface area contributed by atoms with E-state index < -0.39 is 18.5 Å².